The second-order valence-electron chi connectivity index (χ2n) is 9.99. The van der Waals surface area contributed by atoms with E-state index in [0.29, 0.717) is 29.3 Å². The van der Waals surface area contributed by atoms with Crippen LogP contribution in [0.15, 0.2) is 53.4 Å². The summed E-state index contributed by atoms with van der Waals surface area (Å²) in [6.07, 6.45) is 4.04. The maximum Gasteiger partial charge on any atom is 0.267 e. The molecular weight excluding hydrogens is 504 g/mol. The van der Waals surface area contributed by atoms with Crippen molar-refractivity contribution in [3.8, 4) is 5.75 Å². The zero-order valence-corrected chi connectivity index (χ0v) is 23.6. The molecule has 1 aliphatic heterocycles. The molecule has 0 spiro atoms. The Labute approximate surface area is 227 Å². The number of hydroxylamine groups is 1. The fourth-order valence-electron chi connectivity index (χ4n) is 4.60. The first-order valence-electron chi connectivity index (χ1n) is 13.4. The van der Waals surface area contributed by atoms with Crippen molar-refractivity contribution in [2.24, 2.45) is 0 Å². The largest absolute Gasteiger partial charge is 0.497 e. The minimum Gasteiger partial charge on any atom is -0.497 e. The summed E-state index contributed by atoms with van der Waals surface area (Å²) in [7, 11) is -0.119. The van der Waals surface area contributed by atoms with Gasteiger partial charge in [0.05, 0.1) is 23.8 Å². The van der Waals surface area contributed by atoms with Gasteiger partial charge in [-0.25, -0.2) is 8.42 Å². The molecule has 10 heteroatoms. The van der Waals surface area contributed by atoms with Crippen molar-refractivity contribution in [1.82, 2.24) is 20.4 Å². The maximum atomic E-state index is 13.4. The van der Waals surface area contributed by atoms with Gasteiger partial charge in [0, 0.05) is 38.3 Å². The summed E-state index contributed by atoms with van der Waals surface area (Å²) in [6, 6.07) is 13.6. The summed E-state index contributed by atoms with van der Waals surface area (Å²) in [6.45, 7) is 6.57. The average Bonchev–Trinajstić information content (AvgIpc) is 2.91. The monoisotopic (exact) mass is 546 g/mol. The molecule has 1 atom stereocenters. The van der Waals surface area contributed by atoms with Gasteiger partial charge < -0.3 is 9.64 Å². The van der Waals surface area contributed by atoms with Crippen LogP contribution in [0, 0.1) is 0 Å². The van der Waals surface area contributed by atoms with Gasteiger partial charge in [0.15, 0.2) is 9.84 Å². The number of hydrogen-bond acceptors (Lipinski definition) is 8. The highest BCUT2D eigenvalue weighted by Gasteiger charge is 2.30. The summed E-state index contributed by atoms with van der Waals surface area (Å²) in [5.74, 6) is 0.0775. The molecule has 0 saturated carbocycles. The lowest BCUT2D eigenvalue weighted by Gasteiger charge is -2.32. The van der Waals surface area contributed by atoms with Crippen molar-refractivity contribution in [2.45, 2.75) is 55.7 Å². The highest BCUT2D eigenvalue weighted by Crippen LogP contribution is 2.23. The number of unbranched alkanes of at least 4 members (excludes halogenated alkanes) is 3. The van der Waals surface area contributed by atoms with Crippen molar-refractivity contribution in [3.63, 3.8) is 0 Å². The molecule has 1 amide bonds. The molecule has 9 nitrogen and oxygen atoms in total. The molecule has 3 rings (SSSR count). The summed E-state index contributed by atoms with van der Waals surface area (Å²) < 4.78 is 32.0. The second kappa shape index (κ2) is 14.6. The average molecular weight is 547 g/mol. The van der Waals surface area contributed by atoms with Crippen LogP contribution in [0.2, 0.25) is 0 Å². The summed E-state index contributed by atoms with van der Waals surface area (Å²) in [4.78, 5) is 17.7. The molecule has 1 unspecified atom stereocenters. The Morgan fingerprint density at radius 1 is 1.08 bits per heavy atom. The molecular formula is C28H42N4O5S. The third-order valence-electron chi connectivity index (χ3n) is 7.00. The van der Waals surface area contributed by atoms with E-state index in [1.54, 1.807) is 18.2 Å². The predicted octanol–water partition coefficient (Wildman–Crippen LogP) is 3.59. The number of benzene rings is 2. The minimum atomic E-state index is -3.75. The number of methoxy groups -OCH3 is 1. The lowest BCUT2D eigenvalue weighted by molar-refractivity contribution is -0.124. The fraction of sp³-hybridized carbons (Fsp3) is 0.536. The number of hydrogen-bond donors (Lipinski definition) is 2. The van der Waals surface area contributed by atoms with Gasteiger partial charge in [-0.05, 0) is 55.4 Å². The van der Waals surface area contributed by atoms with E-state index in [1.165, 1.54) is 19.2 Å². The van der Waals surface area contributed by atoms with Crippen LogP contribution in [0.3, 0.4) is 0 Å². The molecule has 1 heterocycles. The number of piperazine rings is 1. The fourth-order valence-corrected chi connectivity index (χ4v) is 6.31. The number of nitrogens with one attached hydrogen (secondary N) is 1. The molecule has 1 fully saturated rings. The standard InChI is InChI=1S/C28H42N4O5S/c1-4-5-6-7-11-27(38(35,36)26-14-12-25(37-3)13-15-26)22-32(34)29-28(33)24-10-8-9-23(20-24)21-31-18-16-30(2)17-19-31/h8-10,12-15,20,27,34H,4-7,11,16-19,21-22H2,1-3H3,(H,29,33). The van der Waals surface area contributed by atoms with Crippen LogP contribution in [0.4, 0.5) is 0 Å². The quantitative estimate of drug-likeness (QED) is 0.274. The van der Waals surface area contributed by atoms with Crippen LogP contribution in [0.25, 0.3) is 0 Å². The van der Waals surface area contributed by atoms with Crippen LogP contribution in [-0.2, 0) is 16.4 Å². The van der Waals surface area contributed by atoms with Crippen molar-refractivity contribution in [1.29, 1.82) is 0 Å². The molecule has 1 aliphatic rings. The van der Waals surface area contributed by atoms with Gasteiger partial charge in [-0.3, -0.25) is 20.3 Å². The number of likely N-dealkylation sites (N-methyl/N-ethyl adjacent to an activating group) is 1. The lowest BCUT2D eigenvalue weighted by atomic mass is 10.1. The van der Waals surface area contributed by atoms with E-state index in [4.69, 9.17) is 4.74 Å². The minimum absolute atomic E-state index is 0.162. The number of carbonyl (C=O) groups is 1. The summed E-state index contributed by atoms with van der Waals surface area (Å²) >= 11 is 0. The smallest absolute Gasteiger partial charge is 0.267 e. The van der Waals surface area contributed by atoms with Crippen molar-refractivity contribution < 1.29 is 23.2 Å². The number of sulfone groups is 1. The molecule has 210 valence electrons. The Morgan fingerprint density at radius 3 is 2.45 bits per heavy atom. The maximum absolute atomic E-state index is 13.4. The molecule has 2 aromatic carbocycles. The van der Waals surface area contributed by atoms with Crippen molar-refractivity contribution in [2.75, 3.05) is 46.9 Å². The second-order valence-corrected chi connectivity index (χ2v) is 12.2. The Bertz CT molecular complexity index is 1120. The number of rotatable bonds is 14. The highest BCUT2D eigenvalue weighted by molar-refractivity contribution is 7.92. The highest BCUT2D eigenvalue weighted by atomic mass is 32.2. The Kier molecular flexibility index (Phi) is 11.5. The normalized spacial score (nSPS) is 15.9. The van der Waals surface area contributed by atoms with E-state index in [0.717, 1.165) is 57.5 Å². The predicted molar refractivity (Wildman–Crippen MR) is 148 cm³/mol. The molecule has 0 bridgehead atoms. The number of nitrogens with zero attached hydrogens (tertiary/aromatic N) is 3. The van der Waals surface area contributed by atoms with E-state index < -0.39 is 21.0 Å². The first-order valence-corrected chi connectivity index (χ1v) is 14.9. The van der Waals surface area contributed by atoms with Crippen LogP contribution < -0.4 is 10.2 Å². The van der Waals surface area contributed by atoms with Gasteiger partial charge in [0.25, 0.3) is 5.91 Å². The molecule has 0 aromatic heterocycles. The molecule has 2 N–H and O–H groups in total. The van der Waals surface area contributed by atoms with Gasteiger partial charge in [-0.15, -0.1) is 5.17 Å². The van der Waals surface area contributed by atoms with E-state index in [9.17, 15) is 18.4 Å². The van der Waals surface area contributed by atoms with Gasteiger partial charge in [-0.2, -0.15) is 0 Å². The van der Waals surface area contributed by atoms with Crippen molar-refractivity contribution >= 4 is 15.7 Å². The van der Waals surface area contributed by atoms with E-state index in [1.807, 2.05) is 18.2 Å². The zero-order valence-electron chi connectivity index (χ0n) is 22.8. The molecule has 0 radical (unpaired) electrons. The Morgan fingerprint density at radius 2 is 1.79 bits per heavy atom. The number of carbonyl (C=O) groups excluding carboxylic acids is 1. The first-order chi connectivity index (χ1) is 18.2. The first kappa shape index (κ1) is 30.0. The number of ether oxygens (including phenoxy) is 1. The lowest BCUT2D eigenvalue weighted by Crippen LogP contribution is -2.45. The van der Waals surface area contributed by atoms with Crippen LogP contribution in [-0.4, -0.2) is 86.6 Å². The molecule has 38 heavy (non-hydrogen) atoms. The van der Waals surface area contributed by atoms with Crippen LogP contribution in [0.1, 0.15) is 54.9 Å². The summed E-state index contributed by atoms with van der Waals surface area (Å²) in [5.41, 5.74) is 3.88. The third kappa shape index (κ3) is 8.78. The van der Waals surface area contributed by atoms with E-state index in [2.05, 4.69) is 29.2 Å². The SMILES string of the molecule is CCCCCCC(CN(O)NC(=O)c1cccc(CN2CCN(C)CC2)c1)S(=O)(=O)c1ccc(OC)cc1. The Hall–Kier alpha value is -2.50. The topological polar surface area (TPSA) is 102 Å². The number of amides is 1. The van der Waals surface area contributed by atoms with Crippen LogP contribution in [0.5, 0.6) is 5.75 Å². The molecule has 0 aliphatic carbocycles. The van der Waals surface area contributed by atoms with Gasteiger partial charge in [-0.1, -0.05) is 44.7 Å². The number of hydrazine groups is 1. The molecule has 1 saturated heterocycles. The van der Waals surface area contributed by atoms with E-state index in [-0.39, 0.29) is 11.4 Å². The zero-order chi connectivity index (χ0) is 27.5. The third-order valence-corrected chi connectivity index (χ3v) is 9.20. The Balaban J connectivity index is 1.65. The van der Waals surface area contributed by atoms with Crippen LogP contribution >= 0.6 is 0 Å². The van der Waals surface area contributed by atoms with Gasteiger partial charge in [0.2, 0.25) is 0 Å². The van der Waals surface area contributed by atoms with Gasteiger partial charge in [0.1, 0.15) is 5.75 Å². The molecule has 2 aromatic rings. The summed E-state index contributed by atoms with van der Waals surface area (Å²) in [5, 5.41) is 10.3. The van der Waals surface area contributed by atoms with Crippen molar-refractivity contribution in [3.05, 3.63) is 59.7 Å². The van der Waals surface area contributed by atoms with Gasteiger partial charge >= 0.3 is 0 Å². The van der Waals surface area contributed by atoms with E-state index >= 15 is 0 Å².